The van der Waals surface area contributed by atoms with E-state index in [-0.39, 0.29) is 23.8 Å². The molecular weight excluding hydrogens is 510 g/mol. The molecule has 3 aliphatic rings. The third-order valence-electron chi connectivity index (χ3n) is 9.05. The summed E-state index contributed by atoms with van der Waals surface area (Å²) in [4.78, 5) is 44.8. The number of likely N-dealkylation sites (tertiary alicyclic amines) is 1. The van der Waals surface area contributed by atoms with Crippen molar-refractivity contribution in [3.05, 3.63) is 108 Å². The van der Waals surface area contributed by atoms with Crippen LogP contribution in [0.15, 0.2) is 91.0 Å². The second-order valence-corrected chi connectivity index (χ2v) is 11.9. The van der Waals surface area contributed by atoms with E-state index < -0.39 is 23.9 Å². The average Bonchev–Trinajstić information content (AvgIpc) is 3.79. The van der Waals surface area contributed by atoms with Crippen LogP contribution in [0.1, 0.15) is 78.4 Å². The van der Waals surface area contributed by atoms with Gasteiger partial charge in [0, 0.05) is 24.1 Å². The molecule has 212 valence electrons. The van der Waals surface area contributed by atoms with Crippen molar-refractivity contribution >= 4 is 17.7 Å². The van der Waals surface area contributed by atoms with Gasteiger partial charge in [0.1, 0.15) is 6.04 Å². The minimum absolute atomic E-state index is 0.0544. The molecule has 2 N–H and O–H groups in total. The molecule has 1 saturated heterocycles. The van der Waals surface area contributed by atoms with E-state index in [2.05, 4.69) is 10.6 Å². The van der Waals surface area contributed by atoms with Crippen LogP contribution in [0, 0.1) is 11.8 Å². The zero-order valence-electron chi connectivity index (χ0n) is 23.5. The van der Waals surface area contributed by atoms with Gasteiger partial charge in [-0.2, -0.15) is 0 Å². The molecule has 6 rings (SSSR count). The molecule has 3 fully saturated rings. The molecule has 4 atom stereocenters. The van der Waals surface area contributed by atoms with E-state index in [4.69, 9.17) is 0 Å². The Balaban J connectivity index is 1.49. The zero-order valence-corrected chi connectivity index (χ0v) is 23.5. The maximum Gasteiger partial charge on any atom is 0.318 e. The van der Waals surface area contributed by atoms with Gasteiger partial charge in [0.2, 0.25) is 5.91 Å². The van der Waals surface area contributed by atoms with Crippen LogP contribution in [0.5, 0.6) is 0 Å². The largest absolute Gasteiger partial charge is 0.354 e. The van der Waals surface area contributed by atoms with Crippen LogP contribution in [0.3, 0.4) is 0 Å². The molecule has 0 spiro atoms. The molecule has 1 heterocycles. The predicted molar refractivity (Wildman–Crippen MR) is 159 cm³/mol. The maximum absolute atomic E-state index is 14.5. The fraction of sp³-hybridized carbons (Fsp3) is 0.400. The van der Waals surface area contributed by atoms with Gasteiger partial charge in [-0.05, 0) is 42.7 Å². The quantitative estimate of drug-likeness (QED) is 0.326. The molecule has 41 heavy (non-hydrogen) atoms. The Morgan fingerprint density at radius 3 is 1.90 bits per heavy atom. The molecule has 6 heteroatoms. The summed E-state index contributed by atoms with van der Waals surface area (Å²) in [7, 11) is 0. The maximum atomic E-state index is 14.5. The highest BCUT2D eigenvalue weighted by Gasteiger charge is 2.57. The minimum Gasteiger partial charge on any atom is -0.354 e. The molecule has 6 nitrogen and oxygen atoms in total. The van der Waals surface area contributed by atoms with Crippen molar-refractivity contribution in [3.8, 4) is 0 Å². The lowest BCUT2D eigenvalue weighted by molar-refractivity contribution is -0.125. The first kappa shape index (κ1) is 27.3. The van der Waals surface area contributed by atoms with Crippen molar-refractivity contribution in [1.82, 2.24) is 15.5 Å². The number of carbonyl (C=O) groups is 3. The van der Waals surface area contributed by atoms with Crippen molar-refractivity contribution in [2.75, 3.05) is 6.54 Å². The highest BCUT2D eigenvalue weighted by atomic mass is 16.2. The summed E-state index contributed by atoms with van der Waals surface area (Å²) in [6, 6.07) is 27.2. The van der Waals surface area contributed by atoms with E-state index in [0.717, 1.165) is 49.7 Å². The summed E-state index contributed by atoms with van der Waals surface area (Å²) in [5.41, 5.74) is 2.34. The van der Waals surface area contributed by atoms with Gasteiger partial charge >= 0.3 is 6.03 Å². The number of carbonyl (C=O) groups excluding carboxylic acids is 3. The van der Waals surface area contributed by atoms with Crippen LogP contribution >= 0.6 is 0 Å². The van der Waals surface area contributed by atoms with Gasteiger partial charge in [-0.25, -0.2) is 4.79 Å². The molecule has 3 aromatic carbocycles. The Morgan fingerprint density at radius 2 is 1.29 bits per heavy atom. The number of nitrogens with zero attached hydrogens (tertiary/aromatic N) is 1. The van der Waals surface area contributed by atoms with E-state index in [9.17, 15) is 14.4 Å². The van der Waals surface area contributed by atoms with E-state index in [1.165, 1.54) is 6.42 Å². The van der Waals surface area contributed by atoms with Crippen LogP contribution in [0.2, 0.25) is 0 Å². The SMILES string of the molecule is O=C(c1ccccc1)C1C(c2ccccc2)C(C(=O)NCC2CC2)N(C(=O)NC2CCCCC2)C1c1ccccc1. The molecule has 0 aromatic heterocycles. The third-order valence-corrected chi connectivity index (χ3v) is 9.05. The van der Waals surface area contributed by atoms with Crippen molar-refractivity contribution < 1.29 is 14.4 Å². The van der Waals surface area contributed by atoms with Gasteiger partial charge < -0.3 is 15.5 Å². The summed E-state index contributed by atoms with van der Waals surface area (Å²) < 4.78 is 0. The fourth-order valence-electron chi connectivity index (χ4n) is 6.81. The first-order valence-electron chi connectivity index (χ1n) is 15.2. The van der Waals surface area contributed by atoms with Gasteiger partial charge in [-0.15, -0.1) is 0 Å². The molecule has 2 aliphatic carbocycles. The second-order valence-electron chi connectivity index (χ2n) is 11.9. The number of hydrogen-bond acceptors (Lipinski definition) is 3. The third kappa shape index (κ3) is 5.92. The van der Waals surface area contributed by atoms with Crippen molar-refractivity contribution in [1.29, 1.82) is 0 Å². The molecule has 3 amide bonds. The number of amides is 3. The highest BCUT2D eigenvalue weighted by molar-refractivity contribution is 6.01. The summed E-state index contributed by atoms with van der Waals surface area (Å²) in [5, 5.41) is 6.46. The van der Waals surface area contributed by atoms with Crippen molar-refractivity contribution in [2.45, 2.75) is 69.0 Å². The van der Waals surface area contributed by atoms with Crippen molar-refractivity contribution in [2.24, 2.45) is 11.8 Å². The minimum atomic E-state index is -0.831. The lowest BCUT2D eigenvalue weighted by Gasteiger charge is -2.34. The van der Waals surface area contributed by atoms with Crippen molar-refractivity contribution in [3.63, 3.8) is 0 Å². The number of hydrogen-bond donors (Lipinski definition) is 2. The zero-order chi connectivity index (χ0) is 28.2. The van der Waals surface area contributed by atoms with Gasteiger partial charge in [-0.3, -0.25) is 9.59 Å². The summed E-state index contributed by atoms with van der Waals surface area (Å²) in [5.74, 6) is -0.900. The van der Waals surface area contributed by atoms with Crippen LogP contribution in [0.25, 0.3) is 0 Å². The lowest BCUT2D eigenvalue weighted by Crippen LogP contribution is -2.54. The molecule has 3 aromatic rings. The topological polar surface area (TPSA) is 78.5 Å². The Kier molecular flexibility index (Phi) is 8.17. The molecule has 2 saturated carbocycles. The second kappa shape index (κ2) is 12.3. The number of Topliss-reactive ketones (excluding diaryl/α,β-unsaturated/α-hetero) is 1. The lowest BCUT2D eigenvalue weighted by atomic mass is 9.76. The highest BCUT2D eigenvalue weighted by Crippen LogP contribution is 2.51. The molecule has 0 bridgehead atoms. The Labute approximate surface area is 242 Å². The van der Waals surface area contributed by atoms with Gasteiger partial charge in [0.15, 0.2) is 5.78 Å². The number of ketones is 1. The number of urea groups is 1. The summed E-state index contributed by atoms with van der Waals surface area (Å²) in [6.45, 7) is 0.599. The predicted octanol–water partition coefficient (Wildman–Crippen LogP) is 6.26. The van der Waals surface area contributed by atoms with E-state index in [1.54, 1.807) is 4.90 Å². The van der Waals surface area contributed by atoms with Gasteiger partial charge in [-0.1, -0.05) is 110 Å². The van der Waals surface area contributed by atoms with E-state index in [1.807, 2.05) is 91.0 Å². The van der Waals surface area contributed by atoms with Crippen LogP contribution in [-0.2, 0) is 4.79 Å². The first-order valence-corrected chi connectivity index (χ1v) is 15.2. The standard InChI is InChI=1S/C35H39N3O3/c39-33(27-17-9-3-10-18-27)30-29(25-13-5-1-6-14-25)32(34(40)36-23-24-21-22-24)38(31(30)26-15-7-2-8-16-26)35(41)37-28-19-11-4-12-20-28/h1-3,5-10,13-18,24,28-32H,4,11-12,19-23H2,(H,36,40)(H,37,41). The van der Waals surface area contributed by atoms with E-state index in [0.29, 0.717) is 18.0 Å². The molecular formula is C35H39N3O3. The molecule has 1 aliphatic heterocycles. The molecule has 0 radical (unpaired) electrons. The number of rotatable bonds is 8. The van der Waals surface area contributed by atoms with Gasteiger partial charge in [0.05, 0.1) is 12.0 Å². The summed E-state index contributed by atoms with van der Waals surface area (Å²) in [6.07, 6.45) is 7.44. The Morgan fingerprint density at radius 1 is 0.707 bits per heavy atom. The molecule has 4 unspecified atom stereocenters. The van der Waals surface area contributed by atoms with Crippen LogP contribution < -0.4 is 10.6 Å². The average molecular weight is 550 g/mol. The summed E-state index contributed by atoms with van der Waals surface area (Å²) >= 11 is 0. The van der Waals surface area contributed by atoms with Crippen LogP contribution in [0.4, 0.5) is 4.79 Å². The van der Waals surface area contributed by atoms with E-state index >= 15 is 0 Å². The Bertz CT molecular complexity index is 1340. The monoisotopic (exact) mass is 549 g/mol. The Hall–Kier alpha value is -3.93. The van der Waals surface area contributed by atoms with Crippen LogP contribution in [-0.4, -0.2) is 41.2 Å². The number of benzene rings is 3. The fourth-order valence-corrected chi connectivity index (χ4v) is 6.81. The van der Waals surface area contributed by atoms with Gasteiger partial charge in [0.25, 0.3) is 0 Å². The first-order chi connectivity index (χ1) is 20.1. The smallest absolute Gasteiger partial charge is 0.318 e. The number of nitrogens with one attached hydrogen (secondary N) is 2. The normalized spacial score (nSPS) is 24.5.